The molecule has 3 heterocycles. The molecular formula is C22H38IN3O4. The van der Waals surface area contributed by atoms with Gasteiger partial charge in [0.15, 0.2) is 5.96 Å². The maximum Gasteiger partial charge on any atom is 0.193 e. The van der Waals surface area contributed by atoms with E-state index in [0.717, 1.165) is 96.4 Å². The van der Waals surface area contributed by atoms with Gasteiger partial charge in [-0.05, 0) is 51.2 Å². The predicted molar refractivity (Wildman–Crippen MR) is 129 cm³/mol. The van der Waals surface area contributed by atoms with Gasteiger partial charge < -0.3 is 28.8 Å². The van der Waals surface area contributed by atoms with Crippen LogP contribution in [0, 0.1) is 0 Å². The average Bonchev–Trinajstić information content (AvgIpc) is 3.45. The number of furan rings is 1. The molecule has 1 aromatic rings. The number of guanidine groups is 1. The van der Waals surface area contributed by atoms with Gasteiger partial charge in [-0.15, -0.1) is 24.0 Å². The summed E-state index contributed by atoms with van der Waals surface area (Å²) in [7, 11) is 0. The average molecular weight is 535 g/mol. The molecule has 7 nitrogen and oxygen atoms in total. The molecule has 0 amide bonds. The second-order valence-electron chi connectivity index (χ2n) is 7.67. The van der Waals surface area contributed by atoms with E-state index in [4.69, 9.17) is 23.6 Å². The summed E-state index contributed by atoms with van der Waals surface area (Å²) in [6.07, 6.45) is 8.52. The monoisotopic (exact) mass is 535 g/mol. The first-order valence-electron chi connectivity index (χ1n) is 11.2. The molecule has 8 heteroatoms. The van der Waals surface area contributed by atoms with Gasteiger partial charge in [0.25, 0.3) is 0 Å². The molecule has 2 fully saturated rings. The van der Waals surface area contributed by atoms with Gasteiger partial charge in [0.05, 0.1) is 25.1 Å². The van der Waals surface area contributed by atoms with E-state index in [1.54, 1.807) is 6.26 Å². The van der Waals surface area contributed by atoms with Crippen LogP contribution in [0.25, 0.3) is 0 Å². The fourth-order valence-corrected chi connectivity index (χ4v) is 3.77. The highest BCUT2D eigenvalue weighted by Crippen LogP contribution is 2.18. The highest BCUT2D eigenvalue weighted by molar-refractivity contribution is 14.0. The van der Waals surface area contributed by atoms with Crippen molar-refractivity contribution in [1.82, 2.24) is 10.2 Å². The molecule has 1 N–H and O–H groups in total. The highest BCUT2D eigenvalue weighted by Gasteiger charge is 2.24. The van der Waals surface area contributed by atoms with Crippen LogP contribution < -0.4 is 5.32 Å². The Hall–Kier alpha value is -0.840. The maximum absolute atomic E-state index is 6.11. The van der Waals surface area contributed by atoms with Crippen LogP contribution in [-0.4, -0.2) is 75.7 Å². The molecule has 0 radical (unpaired) electrons. The fraction of sp³-hybridized carbons (Fsp3) is 0.773. The van der Waals surface area contributed by atoms with Crippen LogP contribution in [0.5, 0.6) is 0 Å². The van der Waals surface area contributed by atoms with Gasteiger partial charge >= 0.3 is 0 Å². The predicted octanol–water partition coefficient (Wildman–Crippen LogP) is 3.47. The summed E-state index contributed by atoms with van der Waals surface area (Å²) in [5.74, 6) is 1.99. The fourth-order valence-electron chi connectivity index (χ4n) is 3.77. The van der Waals surface area contributed by atoms with Crippen molar-refractivity contribution in [2.75, 3.05) is 52.6 Å². The Morgan fingerprint density at radius 1 is 1.30 bits per heavy atom. The lowest BCUT2D eigenvalue weighted by atomic mass is 10.1. The van der Waals surface area contributed by atoms with E-state index in [2.05, 4.69) is 10.2 Å². The summed E-state index contributed by atoms with van der Waals surface area (Å²) in [4.78, 5) is 7.19. The van der Waals surface area contributed by atoms with Crippen LogP contribution in [0.3, 0.4) is 0 Å². The van der Waals surface area contributed by atoms with Crippen molar-refractivity contribution in [2.45, 2.75) is 57.7 Å². The third-order valence-electron chi connectivity index (χ3n) is 5.43. The van der Waals surface area contributed by atoms with Crippen molar-refractivity contribution in [3.8, 4) is 0 Å². The van der Waals surface area contributed by atoms with Crippen molar-refractivity contribution in [3.05, 3.63) is 24.2 Å². The third-order valence-corrected chi connectivity index (χ3v) is 5.43. The van der Waals surface area contributed by atoms with E-state index >= 15 is 0 Å². The Morgan fingerprint density at radius 2 is 2.17 bits per heavy atom. The van der Waals surface area contributed by atoms with Crippen LogP contribution in [0.15, 0.2) is 27.8 Å². The maximum atomic E-state index is 6.11. The Kier molecular flexibility index (Phi) is 12.7. The van der Waals surface area contributed by atoms with Gasteiger partial charge in [-0.3, -0.25) is 4.99 Å². The zero-order chi connectivity index (χ0) is 20.2. The summed E-state index contributed by atoms with van der Waals surface area (Å²) in [6, 6.07) is 3.94. The standard InChI is InChI=1S/C22H37N3O4.HI/c1-2-26-15-5-11-23-22(24-12-8-19-6-3-16-27-19)25-13-9-20(10-14-25)29-18-21-7-4-17-28-21;/h3,6,16,20-21H,2,4-5,7-15,17-18H2,1H3,(H,23,24);1H. The number of nitrogens with one attached hydrogen (secondary N) is 1. The molecule has 0 spiro atoms. The first kappa shape index (κ1) is 25.4. The van der Waals surface area contributed by atoms with Crippen molar-refractivity contribution >= 4 is 29.9 Å². The van der Waals surface area contributed by atoms with Crippen LogP contribution >= 0.6 is 24.0 Å². The van der Waals surface area contributed by atoms with E-state index in [-0.39, 0.29) is 24.0 Å². The minimum atomic E-state index is 0. The topological polar surface area (TPSA) is 68.5 Å². The Morgan fingerprint density at radius 3 is 2.87 bits per heavy atom. The smallest absolute Gasteiger partial charge is 0.193 e. The number of halogens is 1. The summed E-state index contributed by atoms with van der Waals surface area (Å²) >= 11 is 0. The third kappa shape index (κ3) is 9.11. The zero-order valence-electron chi connectivity index (χ0n) is 18.2. The number of rotatable bonds is 11. The number of piperidine rings is 1. The number of likely N-dealkylation sites (tertiary alicyclic amines) is 1. The van der Waals surface area contributed by atoms with E-state index in [1.807, 2.05) is 19.1 Å². The van der Waals surface area contributed by atoms with Gasteiger partial charge in [0, 0.05) is 52.4 Å². The van der Waals surface area contributed by atoms with Crippen molar-refractivity contribution in [2.24, 2.45) is 4.99 Å². The molecular weight excluding hydrogens is 497 g/mol. The molecule has 1 aromatic heterocycles. The van der Waals surface area contributed by atoms with E-state index in [0.29, 0.717) is 12.2 Å². The zero-order valence-corrected chi connectivity index (χ0v) is 20.6. The molecule has 1 unspecified atom stereocenters. The normalized spacial score (nSPS) is 20.4. The molecule has 172 valence electrons. The van der Waals surface area contributed by atoms with Gasteiger partial charge in [0.1, 0.15) is 5.76 Å². The van der Waals surface area contributed by atoms with Crippen LogP contribution in [0.1, 0.15) is 44.8 Å². The minimum Gasteiger partial charge on any atom is -0.469 e. The van der Waals surface area contributed by atoms with E-state index in [9.17, 15) is 0 Å². The summed E-state index contributed by atoms with van der Waals surface area (Å²) in [5.41, 5.74) is 0. The van der Waals surface area contributed by atoms with Gasteiger partial charge in [-0.25, -0.2) is 0 Å². The molecule has 30 heavy (non-hydrogen) atoms. The molecule has 2 saturated heterocycles. The van der Waals surface area contributed by atoms with E-state index < -0.39 is 0 Å². The SMILES string of the molecule is CCOCCCN=C(NCCc1ccco1)N1CCC(OCC2CCCO2)CC1.I. The van der Waals surface area contributed by atoms with Gasteiger partial charge in [-0.1, -0.05) is 0 Å². The number of hydrogen-bond donors (Lipinski definition) is 1. The molecule has 3 rings (SSSR count). The lowest BCUT2D eigenvalue weighted by Gasteiger charge is -2.34. The van der Waals surface area contributed by atoms with Crippen LogP contribution in [0.2, 0.25) is 0 Å². The second kappa shape index (κ2) is 15.0. The highest BCUT2D eigenvalue weighted by atomic mass is 127. The quantitative estimate of drug-likeness (QED) is 0.203. The number of aliphatic imine (C=N–C) groups is 1. The molecule has 1 atom stereocenters. The summed E-state index contributed by atoms with van der Waals surface area (Å²) in [6.45, 7) is 8.70. The van der Waals surface area contributed by atoms with Crippen molar-refractivity contribution < 1.29 is 18.6 Å². The van der Waals surface area contributed by atoms with Crippen LogP contribution in [0.4, 0.5) is 0 Å². The lowest BCUT2D eigenvalue weighted by Crippen LogP contribution is -2.47. The number of hydrogen-bond acceptors (Lipinski definition) is 5. The first-order chi connectivity index (χ1) is 14.3. The second-order valence-corrected chi connectivity index (χ2v) is 7.67. The van der Waals surface area contributed by atoms with Gasteiger partial charge in [0.2, 0.25) is 0 Å². The first-order valence-corrected chi connectivity index (χ1v) is 11.2. The summed E-state index contributed by atoms with van der Waals surface area (Å²) < 4.78 is 22.6. The number of nitrogens with zero attached hydrogens (tertiary/aromatic N) is 2. The largest absolute Gasteiger partial charge is 0.469 e. The van der Waals surface area contributed by atoms with Crippen molar-refractivity contribution in [1.29, 1.82) is 0 Å². The molecule has 0 bridgehead atoms. The van der Waals surface area contributed by atoms with E-state index in [1.165, 1.54) is 6.42 Å². The molecule has 2 aliphatic heterocycles. The Bertz CT molecular complexity index is 571. The minimum absolute atomic E-state index is 0. The van der Waals surface area contributed by atoms with Gasteiger partial charge in [-0.2, -0.15) is 0 Å². The molecule has 0 aromatic carbocycles. The van der Waals surface area contributed by atoms with Crippen molar-refractivity contribution in [3.63, 3.8) is 0 Å². The Balaban J connectivity index is 0.00000320. The van der Waals surface area contributed by atoms with Crippen LogP contribution in [-0.2, 0) is 20.6 Å². The molecule has 0 aliphatic carbocycles. The molecule has 2 aliphatic rings. The lowest BCUT2D eigenvalue weighted by molar-refractivity contribution is -0.0367. The summed E-state index contributed by atoms with van der Waals surface area (Å²) in [5, 5.41) is 3.52. The Labute approximate surface area is 197 Å². The number of ether oxygens (including phenoxy) is 3. The molecule has 0 saturated carbocycles.